The SMILES string of the molecule is COC(=O)[C@H](C)Sc1nnc(-c2nn(Cc3ccccc3)c(=O)c3ccccc23)o1. The highest BCUT2D eigenvalue weighted by Crippen LogP contribution is 2.28. The summed E-state index contributed by atoms with van der Waals surface area (Å²) in [5.74, 6) is -0.215. The molecule has 0 spiro atoms. The molecule has 0 unspecified atom stereocenters. The van der Waals surface area contributed by atoms with Crippen molar-refractivity contribution in [3.63, 3.8) is 0 Å². The molecule has 0 aliphatic rings. The first-order valence-corrected chi connectivity index (χ1v) is 10.1. The molecule has 2 aromatic heterocycles. The largest absolute Gasteiger partial charge is 0.468 e. The van der Waals surface area contributed by atoms with Crippen LogP contribution in [0.15, 0.2) is 69.0 Å². The number of thioether (sulfide) groups is 1. The second-order valence-electron chi connectivity index (χ2n) is 6.50. The van der Waals surface area contributed by atoms with Gasteiger partial charge in [0.2, 0.25) is 0 Å². The van der Waals surface area contributed by atoms with Gasteiger partial charge in [-0.15, -0.1) is 10.2 Å². The maximum absolute atomic E-state index is 13.0. The van der Waals surface area contributed by atoms with E-state index in [4.69, 9.17) is 9.15 Å². The Morgan fingerprint density at radius 1 is 1.10 bits per heavy atom. The number of benzene rings is 2. The Labute approximate surface area is 175 Å². The van der Waals surface area contributed by atoms with E-state index in [0.29, 0.717) is 23.0 Å². The molecule has 9 heteroatoms. The zero-order valence-corrected chi connectivity index (χ0v) is 17.1. The highest BCUT2D eigenvalue weighted by molar-refractivity contribution is 8.00. The summed E-state index contributed by atoms with van der Waals surface area (Å²) in [4.78, 5) is 24.6. The standard InChI is InChI=1S/C21H18N4O4S/c1-13(20(27)28-2)30-21-23-22-18(29-21)17-15-10-6-7-11-16(15)19(26)25(24-17)12-14-8-4-3-5-9-14/h3-11,13H,12H2,1-2H3/t13-/m0/s1. The lowest BCUT2D eigenvalue weighted by Gasteiger charge is -2.09. The third-order valence-electron chi connectivity index (χ3n) is 4.46. The molecule has 0 aliphatic carbocycles. The average Bonchev–Trinajstić information content (AvgIpc) is 3.24. The van der Waals surface area contributed by atoms with Gasteiger partial charge in [-0.05, 0) is 18.6 Å². The zero-order chi connectivity index (χ0) is 21.1. The molecule has 4 rings (SSSR count). The van der Waals surface area contributed by atoms with Crippen molar-refractivity contribution in [2.45, 2.75) is 23.9 Å². The average molecular weight is 422 g/mol. The first kappa shape index (κ1) is 19.8. The van der Waals surface area contributed by atoms with E-state index < -0.39 is 5.25 Å². The summed E-state index contributed by atoms with van der Waals surface area (Å²) in [5.41, 5.74) is 1.15. The third-order valence-corrected chi connectivity index (χ3v) is 5.38. The van der Waals surface area contributed by atoms with Crippen LogP contribution in [0, 0.1) is 0 Å². The Morgan fingerprint density at radius 2 is 1.80 bits per heavy atom. The number of rotatable bonds is 6. The van der Waals surface area contributed by atoms with Crippen molar-refractivity contribution in [2.75, 3.05) is 7.11 Å². The van der Waals surface area contributed by atoms with Crippen LogP contribution in [0.1, 0.15) is 12.5 Å². The number of fused-ring (bicyclic) bond motifs is 1. The van der Waals surface area contributed by atoms with Crippen LogP contribution in [0.3, 0.4) is 0 Å². The molecule has 0 saturated carbocycles. The third kappa shape index (κ3) is 3.97. The molecule has 0 aliphatic heterocycles. The number of ether oxygens (including phenoxy) is 1. The number of methoxy groups -OCH3 is 1. The van der Waals surface area contributed by atoms with E-state index in [1.54, 1.807) is 25.1 Å². The highest BCUT2D eigenvalue weighted by Gasteiger charge is 2.21. The Bertz CT molecular complexity index is 1250. The van der Waals surface area contributed by atoms with E-state index >= 15 is 0 Å². The molecule has 0 N–H and O–H groups in total. The summed E-state index contributed by atoms with van der Waals surface area (Å²) in [6.45, 7) is 2.00. The summed E-state index contributed by atoms with van der Waals surface area (Å²) >= 11 is 1.10. The normalized spacial score (nSPS) is 12.1. The van der Waals surface area contributed by atoms with Gasteiger partial charge in [0.15, 0.2) is 5.69 Å². The van der Waals surface area contributed by atoms with Crippen molar-refractivity contribution in [3.05, 3.63) is 70.5 Å². The fourth-order valence-electron chi connectivity index (χ4n) is 2.98. The lowest BCUT2D eigenvalue weighted by Crippen LogP contribution is -2.24. The molecule has 0 fully saturated rings. The highest BCUT2D eigenvalue weighted by atomic mass is 32.2. The molecule has 4 aromatic rings. The van der Waals surface area contributed by atoms with Gasteiger partial charge in [-0.25, -0.2) is 4.68 Å². The smallest absolute Gasteiger partial charge is 0.319 e. The van der Waals surface area contributed by atoms with Gasteiger partial charge in [-0.3, -0.25) is 9.59 Å². The molecule has 1 atom stereocenters. The van der Waals surface area contributed by atoms with Crippen LogP contribution in [-0.4, -0.2) is 38.3 Å². The summed E-state index contributed by atoms with van der Waals surface area (Å²) in [7, 11) is 1.32. The van der Waals surface area contributed by atoms with Crippen LogP contribution >= 0.6 is 11.8 Å². The quantitative estimate of drug-likeness (QED) is 0.345. The van der Waals surface area contributed by atoms with E-state index in [2.05, 4.69) is 15.3 Å². The molecule has 2 aromatic carbocycles. The molecule has 8 nitrogen and oxygen atoms in total. The fraction of sp³-hybridized carbons (Fsp3) is 0.190. The van der Waals surface area contributed by atoms with Crippen molar-refractivity contribution in [1.82, 2.24) is 20.0 Å². The van der Waals surface area contributed by atoms with Gasteiger partial charge in [0.05, 0.1) is 19.0 Å². The van der Waals surface area contributed by atoms with Crippen LogP contribution in [0.2, 0.25) is 0 Å². The summed E-state index contributed by atoms with van der Waals surface area (Å²) in [5, 5.41) is 13.4. The van der Waals surface area contributed by atoms with Gasteiger partial charge >= 0.3 is 5.97 Å². The predicted octanol–water partition coefficient (Wildman–Crippen LogP) is 3.15. The molecule has 0 amide bonds. The van der Waals surface area contributed by atoms with Crippen LogP contribution in [-0.2, 0) is 16.1 Å². The number of carbonyl (C=O) groups excluding carboxylic acids is 1. The molecule has 0 saturated heterocycles. The van der Waals surface area contributed by atoms with E-state index in [1.165, 1.54) is 11.8 Å². The van der Waals surface area contributed by atoms with Crippen LogP contribution < -0.4 is 5.56 Å². The van der Waals surface area contributed by atoms with Gasteiger partial charge in [-0.2, -0.15) is 5.10 Å². The fourth-order valence-corrected chi connectivity index (χ4v) is 3.68. The van der Waals surface area contributed by atoms with Gasteiger partial charge in [0, 0.05) is 5.39 Å². The number of esters is 1. The number of hydrogen-bond donors (Lipinski definition) is 0. The second-order valence-corrected chi connectivity index (χ2v) is 7.79. The maximum Gasteiger partial charge on any atom is 0.319 e. The minimum absolute atomic E-state index is 0.174. The van der Waals surface area contributed by atoms with Crippen molar-refractivity contribution in [1.29, 1.82) is 0 Å². The molecule has 0 radical (unpaired) electrons. The first-order valence-electron chi connectivity index (χ1n) is 9.19. The molecule has 152 valence electrons. The van der Waals surface area contributed by atoms with Gasteiger partial charge in [0.1, 0.15) is 5.25 Å². The van der Waals surface area contributed by atoms with Crippen molar-refractivity contribution < 1.29 is 13.9 Å². The Kier molecular flexibility index (Phi) is 5.62. The van der Waals surface area contributed by atoms with Crippen molar-refractivity contribution >= 4 is 28.5 Å². The minimum Gasteiger partial charge on any atom is -0.468 e. The van der Waals surface area contributed by atoms with Crippen molar-refractivity contribution in [2.24, 2.45) is 0 Å². The molecule has 2 heterocycles. The first-order chi connectivity index (χ1) is 14.6. The lowest BCUT2D eigenvalue weighted by molar-refractivity contribution is -0.139. The molecular formula is C21H18N4O4S. The van der Waals surface area contributed by atoms with E-state index in [0.717, 1.165) is 17.3 Å². The molecule has 30 heavy (non-hydrogen) atoms. The summed E-state index contributed by atoms with van der Waals surface area (Å²) < 4.78 is 11.9. The Balaban J connectivity index is 1.76. The number of hydrogen-bond acceptors (Lipinski definition) is 8. The van der Waals surface area contributed by atoms with Gasteiger partial charge in [0.25, 0.3) is 16.7 Å². The topological polar surface area (TPSA) is 100 Å². The molecular weight excluding hydrogens is 404 g/mol. The van der Waals surface area contributed by atoms with Gasteiger partial charge < -0.3 is 9.15 Å². The zero-order valence-electron chi connectivity index (χ0n) is 16.3. The molecule has 0 bridgehead atoms. The maximum atomic E-state index is 13.0. The van der Waals surface area contributed by atoms with Crippen molar-refractivity contribution in [3.8, 4) is 11.6 Å². The number of aromatic nitrogens is 4. The number of carbonyl (C=O) groups is 1. The monoisotopic (exact) mass is 422 g/mol. The van der Waals surface area contributed by atoms with E-state index in [-0.39, 0.29) is 22.6 Å². The summed E-state index contributed by atoms with van der Waals surface area (Å²) in [6.07, 6.45) is 0. The van der Waals surface area contributed by atoms with E-state index in [1.807, 2.05) is 36.4 Å². The van der Waals surface area contributed by atoms with E-state index in [9.17, 15) is 9.59 Å². The van der Waals surface area contributed by atoms with Crippen LogP contribution in [0.25, 0.3) is 22.4 Å². The van der Waals surface area contributed by atoms with Crippen LogP contribution in [0.5, 0.6) is 0 Å². The Hall–Kier alpha value is -3.46. The van der Waals surface area contributed by atoms with Gasteiger partial charge in [-0.1, -0.05) is 60.3 Å². The lowest BCUT2D eigenvalue weighted by atomic mass is 10.1. The second kappa shape index (κ2) is 8.50. The predicted molar refractivity (Wildman–Crippen MR) is 112 cm³/mol. The minimum atomic E-state index is -0.500. The van der Waals surface area contributed by atoms with Crippen LogP contribution in [0.4, 0.5) is 0 Å². The Morgan fingerprint density at radius 3 is 2.53 bits per heavy atom. The summed E-state index contributed by atoms with van der Waals surface area (Å²) in [6, 6.07) is 16.7. The number of nitrogens with zero attached hydrogens (tertiary/aromatic N) is 4.